The molecule has 0 heterocycles. The molecule has 1 aromatic rings. The maximum absolute atomic E-state index is 3.73. The van der Waals surface area contributed by atoms with Crippen LogP contribution in [0.1, 0.15) is 58.4 Å². The normalized spacial score (nSPS) is 26.5. The Kier molecular flexibility index (Phi) is 6.25. The monoisotopic (exact) mass is 288 g/mol. The van der Waals surface area contributed by atoms with E-state index in [1.165, 1.54) is 24.8 Å². The molecule has 21 heavy (non-hydrogen) atoms. The summed E-state index contributed by atoms with van der Waals surface area (Å²) in [6, 6.07) is 13.0. The van der Waals surface area contributed by atoms with Gasteiger partial charge in [-0.05, 0) is 57.7 Å². The molecule has 1 aliphatic carbocycles. The first-order valence-corrected chi connectivity index (χ1v) is 8.71. The van der Waals surface area contributed by atoms with E-state index >= 15 is 0 Å². The molecule has 3 atom stereocenters. The van der Waals surface area contributed by atoms with Crippen LogP contribution in [0.5, 0.6) is 0 Å². The van der Waals surface area contributed by atoms with Gasteiger partial charge in [0.15, 0.2) is 0 Å². The van der Waals surface area contributed by atoms with Crippen molar-refractivity contribution in [3.63, 3.8) is 0 Å². The molecule has 0 radical (unpaired) electrons. The fraction of sp³-hybridized carbons (Fsp3) is 0.684. The first-order chi connectivity index (χ1) is 10.2. The molecule has 2 rings (SSSR count). The van der Waals surface area contributed by atoms with Crippen molar-refractivity contribution in [2.75, 3.05) is 13.1 Å². The van der Waals surface area contributed by atoms with Crippen molar-refractivity contribution in [2.24, 2.45) is 0 Å². The van der Waals surface area contributed by atoms with Crippen LogP contribution in [0.15, 0.2) is 30.3 Å². The molecule has 0 saturated heterocycles. The van der Waals surface area contributed by atoms with Crippen LogP contribution in [0.4, 0.5) is 0 Å². The molecule has 2 heteroatoms. The van der Waals surface area contributed by atoms with Crippen molar-refractivity contribution < 1.29 is 0 Å². The molecule has 1 aromatic carbocycles. The van der Waals surface area contributed by atoms with E-state index in [1.54, 1.807) is 0 Å². The van der Waals surface area contributed by atoms with Gasteiger partial charge in [-0.1, -0.05) is 44.2 Å². The number of hydrogen-bond donors (Lipinski definition) is 1. The maximum Gasteiger partial charge on any atom is 0.0257 e. The van der Waals surface area contributed by atoms with Crippen molar-refractivity contribution in [3.8, 4) is 0 Å². The van der Waals surface area contributed by atoms with Crippen LogP contribution in [0.3, 0.4) is 0 Å². The highest BCUT2D eigenvalue weighted by molar-refractivity contribution is 5.21. The average molecular weight is 288 g/mol. The van der Waals surface area contributed by atoms with Crippen LogP contribution in [0, 0.1) is 0 Å². The van der Waals surface area contributed by atoms with Gasteiger partial charge < -0.3 is 5.32 Å². The zero-order chi connectivity index (χ0) is 15.2. The van der Waals surface area contributed by atoms with Gasteiger partial charge in [0.2, 0.25) is 0 Å². The van der Waals surface area contributed by atoms with Crippen LogP contribution in [-0.2, 0) is 0 Å². The Labute approximate surface area is 130 Å². The summed E-state index contributed by atoms with van der Waals surface area (Å²) >= 11 is 0. The van der Waals surface area contributed by atoms with Gasteiger partial charge in [0.1, 0.15) is 0 Å². The van der Waals surface area contributed by atoms with Crippen molar-refractivity contribution in [1.29, 1.82) is 0 Å². The van der Waals surface area contributed by atoms with Gasteiger partial charge in [0.05, 0.1) is 0 Å². The lowest BCUT2D eigenvalue weighted by molar-refractivity contribution is 0.0904. The van der Waals surface area contributed by atoms with Crippen LogP contribution < -0.4 is 5.32 Å². The predicted octanol–water partition coefficient (Wildman–Crippen LogP) is 4.03. The summed E-state index contributed by atoms with van der Waals surface area (Å²) in [5.74, 6) is 0.721. The van der Waals surface area contributed by atoms with Crippen LogP contribution in [-0.4, -0.2) is 36.1 Å². The summed E-state index contributed by atoms with van der Waals surface area (Å²) in [7, 11) is 0. The standard InChI is InChI=1S/C19H32N2/c1-5-20-18-13-12-17(16-10-8-7-9-11-16)14-19(18)21(6-2)15(3)4/h7-11,15,17-20H,5-6,12-14H2,1-4H3. The molecule has 1 saturated carbocycles. The van der Waals surface area contributed by atoms with Gasteiger partial charge in [0.25, 0.3) is 0 Å². The fourth-order valence-electron chi connectivity index (χ4n) is 4.02. The van der Waals surface area contributed by atoms with Crippen LogP contribution in [0.2, 0.25) is 0 Å². The third kappa shape index (κ3) is 4.08. The largest absolute Gasteiger partial charge is 0.313 e. The van der Waals surface area contributed by atoms with Gasteiger partial charge in [-0.15, -0.1) is 0 Å². The molecule has 0 aromatic heterocycles. The van der Waals surface area contributed by atoms with Crippen LogP contribution in [0.25, 0.3) is 0 Å². The second-order valence-electron chi connectivity index (χ2n) is 6.58. The molecule has 0 bridgehead atoms. The van der Waals surface area contributed by atoms with Crippen LogP contribution >= 0.6 is 0 Å². The van der Waals surface area contributed by atoms with Crippen molar-refractivity contribution in [3.05, 3.63) is 35.9 Å². The summed E-state index contributed by atoms with van der Waals surface area (Å²) in [5, 5.41) is 3.73. The molecular formula is C19H32N2. The summed E-state index contributed by atoms with van der Waals surface area (Å²) in [6.07, 6.45) is 3.89. The molecule has 1 fully saturated rings. The van der Waals surface area contributed by atoms with Gasteiger partial charge >= 0.3 is 0 Å². The Hall–Kier alpha value is -0.860. The molecule has 1 N–H and O–H groups in total. The minimum absolute atomic E-state index is 0.621. The van der Waals surface area contributed by atoms with E-state index in [2.05, 4.69) is 68.2 Å². The number of likely N-dealkylation sites (N-methyl/N-ethyl adjacent to an activating group) is 2. The van der Waals surface area contributed by atoms with E-state index in [1.807, 2.05) is 0 Å². The molecule has 2 nitrogen and oxygen atoms in total. The average Bonchev–Trinajstić information content (AvgIpc) is 2.50. The first-order valence-electron chi connectivity index (χ1n) is 8.71. The first kappa shape index (κ1) is 16.5. The number of rotatable bonds is 6. The van der Waals surface area contributed by atoms with Crippen molar-refractivity contribution >= 4 is 0 Å². The van der Waals surface area contributed by atoms with E-state index < -0.39 is 0 Å². The highest BCUT2D eigenvalue weighted by Gasteiger charge is 2.34. The fourth-order valence-corrected chi connectivity index (χ4v) is 4.02. The highest BCUT2D eigenvalue weighted by Crippen LogP contribution is 2.35. The van der Waals surface area contributed by atoms with Crippen molar-refractivity contribution in [2.45, 2.75) is 71.0 Å². The third-order valence-corrected chi connectivity index (χ3v) is 5.01. The Morgan fingerprint density at radius 2 is 1.86 bits per heavy atom. The van der Waals surface area contributed by atoms with Gasteiger partial charge in [-0.25, -0.2) is 0 Å². The van der Waals surface area contributed by atoms with Gasteiger partial charge in [-0.3, -0.25) is 4.90 Å². The van der Waals surface area contributed by atoms with Gasteiger partial charge in [-0.2, -0.15) is 0 Å². The molecule has 0 amide bonds. The molecular weight excluding hydrogens is 256 g/mol. The maximum atomic E-state index is 3.73. The minimum Gasteiger partial charge on any atom is -0.313 e. The summed E-state index contributed by atoms with van der Waals surface area (Å²) in [4.78, 5) is 2.68. The molecule has 0 spiro atoms. The quantitative estimate of drug-likeness (QED) is 0.850. The number of nitrogens with one attached hydrogen (secondary N) is 1. The second-order valence-corrected chi connectivity index (χ2v) is 6.58. The zero-order valence-electron chi connectivity index (χ0n) is 14.2. The SMILES string of the molecule is CCNC1CCC(c2ccccc2)CC1N(CC)C(C)C. The predicted molar refractivity (Wildman–Crippen MR) is 91.8 cm³/mol. The van der Waals surface area contributed by atoms with E-state index in [9.17, 15) is 0 Å². The molecule has 0 aliphatic heterocycles. The zero-order valence-corrected chi connectivity index (χ0v) is 14.2. The molecule has 118 valence electrons. The molecule has 3 unspecified atom stereocenters. The van der Waals surface area contributed by atoms with Crippen molar-refractivity contribution in [1.82, 2.24) is 10.2 Å². The highest BCUT2D eigenvalue weighted by atomic mass is 15.2. The van der Waals surface area contributed by atoms with E-state index in [4.69, 9.17) is 0 Å². The Morgan fingerprint density at radius 3 is 2.43 bits per heavy atom. The third-order valence-electron chi connectivity index (χ3n) is 5.01. The number of benzene rings is 1. The lowest BCUT2D eigenvalue weighted by atomic mass is 9.77. The Balaban J connectivity index is 2.15. The second kappa shape index (κ2) is 7.95. The van der Waals surface area contributed by atoms with E-state index in [-0.39, 0.29) is 0 Å². The minimum atomic E-state index is 0.621. The van der Waals surface area contributed by atoms with Gasteiger partial charge in [0, 0.05) is 18.1 Å². The lowest BCUT2D eigenvalue weighted by Crippen LogP contribution is -2.54. The Bertz CT molecular complexity index is 401. The number of hydrogen-bond acceptors (Lipinski definition) is 2. The van der Waals surface area contributed by atoms with E-state index in [0.29, 0.717) is 18.1 Å². The lowest BCUT2D eigenvalue weighted by Gasteiger charge is -2.44. The summed E-state index contributed by atoms with van der Waals surface area (Å²) in [6.45, 7) is 11.4. The Morgan fingerprint density at radius 1 is 1.14 bits per heavy atom. The molecule has 1 aliphatic rings. The summed E-state index contributed by atoms with van der Waals surface area (Å²) in [5.41, 5.74) is 1.53. The smallest absolute Gasteiger partial charge is 0.0257 e. The number of nitrogens with zero attached hydrogens (tertiary/aromatic N) is 1. The topological polar surface area (TPSA) is 15.3 Å². The summed E-state index contributed by atoms with van der Waals surface area (Å²) < 4.78 is 0. The van der Waals surface area contributed by atoms with E-state index in [0.717, 1.165) is 19.0 Å².